The van der Waals surface area contributed by atoms with Gasteiger partial charge >= 0.3 is 0 Å². The van der Waals surface area contributed by atoms with Crippen molar-refractivity contribution < 1.29 is 27.4 Å². The number of halogens is 3. The first-order chi connectivity index (χ1) is 14.0. The van der Waals surface area contributed by atoms with E-state index in [1.165, 1.54) is 24.3 Å². The van der Waals surface area contributed by atoms with Gasteiger partial charge in [0.25, 0.3) is 0 Å². The van der Waals surface area contributed by atoms with Gasteiger partial charge in [-0.15, -0.1) is 0 Å². The minimum Gasteiger partial charge on any atom is -0.491 e. The second kappa shape index (κ2) is 10.1. The first-order valence-corrected chi connectivity index (χ1v) is 10.1. The summed E-state index contributed by atoms with van der Waals surface area (Å²) in [6, 6.07) is 7.33. The summed E-state index contributed by atoms with van der Waals surface area (Å²) in [5.74, 6) is -2.89. The Labute approximate surface area is 169 Å². The zero-order valence-corrected chi connectivity index (χ0v) is 16.8. The minimum absolute atomic E-state index is 0.0273. The van der Waals surface area contributed by atoms with Crippen molar-refractivity contribution in [2.24, 2.45) is 0 Å². The lowest BCUT2D eigenvalue weighted by Crippen LogP contribution is -2.26. The maximum absolute atomic E-state index is 14.8. The molecule has 6 heteroatoms. The maximum Gasteiger partial charge on any atom is 0.201 e. The zero-order chi connectivity index (χ0) is 20.8. The summed E-state index contributed by atoms with van der Waals surface area (Å²) in [7, 11) is 0. The highest BCUT2D eigenvalue weighted by molar-refractivity contribution is 5.66. The molecule has 158 valence electrons. The van der Waals surface area contributed by atoms with E-state index in [1.54, 1.807) is 13.0 Å². The molecule has 2 aromatic rings. The molecule has 0 radical (unpaired) electrons. The molecular formula is C23H27F3O3. The summed E-state index contributed by atoms with van der Waals surface area (Å²) < 4.78 is 59.6. The van der Waals surface area contributed by atoms with Crippen molar-refractivity contribution in [3.05, 3.63) is 53.3 Å². The molecule has 2 unspecified atom stereocenters. The molecule has 0 saturated carbocycles. The van der Waals surface area contributed by atoms with Gasteiger partial charge in [-0.25, -0.2) is 8.78 Å². The highest BCUT2D eigenvalue weighted by atomic mass is 19.2. The average molecular weight is 408 g/mol. The smallest absolute Gasteiger partial charge is 0.201 e. The molecule has 1 saturated heterocycles. The van der Waals surface area contributed by atoms with Crippen LogP contribution in [0.15, 0.2) is 30.3 Å². The third kappa shape index (κ3) is 5.11. The molecule has 29 heavy (non-hydrogen) atoms. The summed E-state index contributed by atoms with van der Waals surface area (Å²) in [6.07, 6.45) is 2.81. The van der Waals surface area contributed by atoms with Crippen LogP contribution in [0.3, 0.4) is 0 Å². The van der Waals surface area contributed by atoms with Crippen LogP contribution in [-0.2, 0) is 9.47 Å². The molecule has 3 rings (SSSR count). The molecule has 3 nitrogen and oxygen atoms in total. The van der Waals surface area contributed by atoms with Crippen LogP contribution in [0, 0.1) is 17.5 Å². The first-order valence-electron chi connectivity index (χ1n) is 10.1. The SMILES string of the molecule is CCOCCC1CCC(c2ccc(-c3ccc(OCC)c(F)c3F)c(F)c2)CO1. The lowest BCUT2D eigenvalue weighted by Gasteiger charge is -2.29. The Morgan fingerprint density at radius 3 is 2.41 bits per heavy atom. The van der Waals surface area contributed by atoms with Gasteiger partial charge in [-0.2, -0.15) is 4.39 Å². The largest absolute Gasteiger partial charge is 0.491 e. The van der Waals surface area contributed by atoms with E-state index in [4.69, 9.17) is 14.2 Å². The van der Waals surface area contributed by atoms with Gasteiger partial charge in [0.1, 0.15) is 5.82 Å². The maximum atomic E-state index is 14.8. The van der Waals surface area contributed by atoms with Gasteiger partial charge < -0.3 is 14.2 Å². The summed E-state index contributed by atoms with van der Waals surface area (Å²) in [5, 5.41) is 0. The van der Waals surface area contributed by atoms with Crippen LogP contribution in [0.4, 0.5) is 13.2 Å². The second-order valence-electron chi connectivity index (χ2n) is 7.13. The number of hydrogen-bond acceptors (Lipinski definition) is 3. The van der Waals surface area contributed by atoms with E-state index >= 15 is 0 Å². The van der Waals surface area contributed by atoms with E-state index in [1.807, 2.05) is 6.92 Å². The van der Waals surface area contributed by atoms with Crippen LogP contribution in [0.5, 0.6) is 5.75 Å². The molecule has 0 amide bonds. The summed E-state index contributed by atoms with van der Waals surface area (Å²) in [5.41, 5.74) is 0.715. The fraction of sp³-hybridized carbons (Fsp3) is 0.478. The molecule has 0 spiro atoms. The second-order valence-corrected chi connectivity index (χ2v) is 7.13. The van der Waals surface area contributed by atoms with Gasteiger partial charge in [-0.1, -0.05) is 12.1 Å². The Bertz CT molecular complexity index is 817. The number of hydrogen-bond donors (Lipinski definition) is 0. The van der Waals surface area contributed by atoms with E-state index in [2.05, 4.69) is 0 Å². The molecule has 0 N–H and O–H groups in total. The Hall–Kier alpha value is -2.05. The number of rotatable bonds is 8. The summed E-state index contributed by atoms with van der Waals surface area (Å²) in [6.45, 7) is 5.75. The van der Waals surface area contributed by atoms with Crippen LogP contribution >= 0.6 is 0 Å². The quantitative estimate of drug-likeness (QED) is 0.512. The van der Waals surface area contributed by atoms with Crippen LogP contribution in [0.2, 0.25) is 0 Å². The van der Waals surface area contributed by atoms with E-state index in [9.17, 15) is 13.2 Å². The van der Waals surface area contributed by atoms with E-state index in [0.29, 0.717) is 19.8 Å². The molecule has 0 aromatic heterocycles. The van der Waals surface area contributed by atoms with Gasteiger partial charge in [0.15, 0.2) is 11.6 Å². The molecule has 2 aromatic carbocycles. The van der Waals surface area contributed by atoms with Crippen molar-refractivity contribution in [3.8, 4) is 16.9 Å². The Morgan fingerprint density at radius 1 is 0.966 bits per heavy atom. The van der Waals surface area contributed by atoms with Crippen LogP contribution in [0.1, 0.15) is 44.6 Å². The minimum atomic E-state index is -1.11. The lowest BCUT2D eigenvalue weighted by atomic mass is 9.89. The number of benzene rings is 2. The predicted octanol–water partition coefficient (Wildman–Crippen LogP) is 5.86. The van der Waals surface area contributed by atoms with Crippen molar-refractivity contribution in [2.75, 3.05) is 26.4 Å². The fourth-order valence-corrected chi connectivity index (χ4v) is 3.67. The Kier molecular flexibility index (Phi) is 7.56. The van der Waals surface area contributed by atoms with Crippen LogP contribution in [0.25, 0.3) is 11.1 Å². The van der Waals surface area contributed by atoms with Gasteiger partial charge in [0.05, 0.1) is 19.3 Å². The van der Waals surface area contributed by atoms with E-state index in [0.717, 1.165) is 24.8 Å². The van der Waals surface area contributed by atoms with Crippen molar-refractivity contribution in [1.82, 2.24) is 0 Å². The van der Waals surface area contributed by atoms with E-state index in [-0.39, 0.29) is 35.5 Å². The van der Waals surface area contributed by atoms with Crippen LogP contribution in [-0.4, -0.2) is 32.5 Å². The summed E-state index contributed by atoms with van der Waals surface area (Å²) in [4.78, 5) is 0. The molecule has 1 aliphatic rings. The third-order valence-electron chi connectivity index (χ3n) is 5.26. The highest BCUT2D eigenvalue weighted by Crippen LogP contribution is 2.35. The standard InChI is InChI=1S/C23H27F3O3/c1-3-27-12-11-17-7-5-16(14-29-17)15-6-8-18(20(24)13-15)19-9-10-21(28-4-2)23(26)22(19)25/h6,8-10,13,16-17H,3-5,7,11-12,14H2,1-2H3. The van der Waals surface area contributed by atoms with Gasteiger partial charge in [0.2, 0.25) is 5.82 Å². The molecular weight excluding hydrogens is 381 g/mol. The third-order valence-corrected chi connectivity index (χ3v) is 5.26. The van der Waals surface area contributed by atoms with E-state index < -0.39 is 17.5 Å². The first kappa shape index (κ1) is 21.7. The fourth-order valence-electron chi connectivity index (χ4n) is 3.67. The Morgan fingerprint density at radius 2 is 1.76 bits per heavy atom. The molecule has 1 heterocycles. The van der Waals surface area contributed by atoms with Gasteiger partial charge in [-0.3, -0.25) is 0 Å². The molecule has 1 aliphatic heterocycles. The predicted molar refractivity (Wildman–Crippen MR) is 106 cm³/mol. The highest BCUT2D eigenvalue weighted by Gasteiger charge is 2.24. The summed E-state index contributed by atoms with van der Waals surface area (Å²) >= 11 is 0. The number of ether oxygens (including phenoxy) is 3. The van der Waals surface area contributed by atoms with Crippen molar-refractivity contribution >= 4 is 0 Å². The van der Waals surface area contributed by atoms with Gasteiger partial charge in [0, 0.05) is 30.3 Å². The molecule has 0 aliphatic carbocycles. The zero-order valence-electron chi connectivity index (χ0n) is 16.8. The lowest BCUT2D eigenvalue weighted by molar-refractivity contribution is -0.0163. The van der Waals surface area contributed by atoms with Crippen molar-refractivity contribution in [2.45, 2.75) is 45.1 Å². The van der Waals surface area contributed by atoms with Gasteiger partial charge in [-0.05, 0) is 56.9 Å². The average Bonchev–Trinajstić information content (AvgIpc) is 2.73. The monoisotopic (exact) mass is 408 g/mol. The molecule has 1 fully saturated rings. The Balaban J connectivity index is 1.71. The van der Waals surface area contributed by atoms with Crippen molar-refractivity contribution in [1.29, 1.82) is 0 Å². The molecule has 0 bridgehead atoms. The normalized spacial score (nSPS) is 19.3. The van der Waals surface area contributed by atoms with Crippen molar-refractivity contribution in [3.63, 3.8) is 0 Å². The molecule has 2 atom stereocenters. The topological polar surface area (TPSA) is 27.7 Å². The van der Waals surface area contributed by atoms with Crippen LogP contribution < -0.4 is 4.74 Å².